The van der Waals surface area contributed by atoms with Crippen molar-refractivity contribution in [3.05, 3.63) is 84.4 Å². The number of benzene rings is 3. The maximum absolute atomic E-state index is 2.41. The van der Waals surface area contributed by atoms with Gasteiger partial charge in [-0.15, -0.1) is 0 Å². The van der Waals surface area contributed by atoms with E-state index in [9.17, 15) is 0 Å². The molecule has 1 aliphatic heterocycles. The van der Waals surface area contributed by atoms with E-state index in [4.69, 9.17) is 0 Å². The Hall–Kier alpha value is -2.03. The molecule has 0 aromatic heterocycles. The molecule has 0 spiro atoms. The fraction of sp³-hybridized carbons (Fsp3) is 0.0526. The molecule has 0 aliphatic carbocycles. The van der Waals surface area contributed by atoms with Crippen LogP contribution in [0, 0.1) is 0 Å². The molecule has 1 aliphatic rings. The van der Waals surface area contributed by atoms with Crippen molar-refractivity contribution < 1.29 is 0 Å². The van der Waals surface area contributed by atoms with E-state index in [1.54, 1.807) is 0 Å². The summed E-state index contributed by atoms with van der Waals surface area (Å²) in [6.45, 7) is 0.898. The number of rotatable bonds is 2. The summed E-state index contributed by atoms with van der Waals surface area (Å²) in [4.78, 5) is 5.07. The lowest BCUT2D eigenvalue weighted by Crippen LogP contribution is -2.21. The van der Waals surface area contributed by atoms with Gasteiger partial charge in [0.05, 0.1) is 9.79 Å². The first-order valence-electron chi connectivity index (χ1n) is 7.09. The average Bonchev–Trinajstić information content (AvgIpc) is 2.55. The van der Waals surface area contributed by atoms with E-state index in [1.807, 2.05) is 11.8 Å². The van der Waals surface area contributed by atoms with Gasteiger partial charge < -0.3 is 0 Å². The Kier molecular flexibility index (Phi) is 3.26. The van der Waals surface area contributed by atoms with Gasteiger partial charge in [-0.1, -0.05) is 71.3 Å². The van der Waals surface area contributed by atoms with Gasteiger partial charge in [0, 0.05) is 17.7 Å². The van der Waals surface area contributed by atoms with Gasteiger partial charge in [0.1, 0.15) is 0 Å². The van der Waals surface area contributed by atoms with Crippen molar-refractivity contribution in [1.82, 2.24) is 4.90 Å². The van der Waals surface area contributed by atoms with Crippen molar-refractivity contribution >= 4 is 23.1 Å². The van der Waals surface area contributed by atoms with Gasteiger partial charge in [-0.3, -0.25) is 0 Å². The van der Waals surface area contributed by atoms with Gasteiger partial charge in [-0.05, 0) is 12.1 Å². The highest BCUT2D eigenvalue weighted by Crippen LogP contribution is 2.47. The maximum Gasteiger partial charge on any atom is 0.200 e. The number of fused-ring (bicyclic) bond motifs is 2. The van der Waals surface area contributed by atoms with Crippen molar-refractivity contribution in [2.24, 2.45) is 0 Å². The maximum atomic E-state index is 2.41. The second kappa shape index (κ2) is 5.40. The molecule has 0 amide bonds. The fourth-order valence-electron chi connectivity index (χ4n) is 2.72. The average molecular weight is 289 g/mol. The molecule has 0 saturated carbocycles. The molecule has 0 atom stereocenters. The van der Waals surface area contributed by atoms with Gasteiger partial charge in [0.15, 0.2) is 6.54 Å². The molecule has 1 radical (unpaired) electrons. The summed E-state index contributed by atoms with van der Waals surface area (Å²) in [6, 6.07) is 27.9. The Balaban J connectivity index is 1.82. The van der Waals surface area contributed by atoms with Gasteiger partial charge >= 0.3 is 0 Å². The zero-order chi connectivity index (χ0) is 14.1. The van der Waals surface area contributed by atoms with Crippen molar-refractivity contribution in [2.45, 2.75) is 16.3 Å². The molecule has 0 unspecified atom stereocenters. The molecule has 3 aromatic rings. The topological polar surface area (TPSA) is 5.90 Å². The molecule has 1 nitrogen and oxygen atoms in total. The summed E-state index contributed by atoms with van der Waals surface area (Å²) in [7, 11) is 0. The standard InChI is InChI=1S/C19H15NS/c1-2-8-15(9-3-1)14-20-16-10-4-6-12-18(16)21-19-13-7-5-11-17(19)20/h1-13H,14H2/q+1. The normalized spacial score (nSPS) is 13.5. The van der Waals surface area contributed by atoms with Crippen LogP contribution in [0.25, 0.3) is 0 Å². The van der Waals surface area contributed by atoms with Crippen LogP contribution in [0.15, 0.2) is 88.7 Å². The van der Waals surface area contributed by atoms with E-state index < -0.39 is 0 Å². The molecule has 21 heavy (non-hydrogen) atoms. The van der Waals surface area contributed by atoms with Crippen molar-refractivity contribution in [3.63, 3.8) is 0 Å². The third kappa shape index (κ3) is 2.37. The number of hydrogen-bond acceptors (Lipinski definition) is 2. The monoisotopic (exact) mass is 289 g/mol. The number of anilines is 2. The number of para-hydroxylation sites is 2. The van der Waals surface area contributed by atoms with Crippen LogP contribution in [0.2, 0.25) is 0 Å². The minimum atomic E-state index is 0.898. The summed E-state index contributed by atoms with van der Waals surface area (Å²) in [5, 5.41) is 0. The second-order valence-electron chi connectivity index (χ2n) is 5.11. The minimum absolute atomic E-state index is 0.898. The highest BCUT2D eigenvalue weighted by Gasteiger charge is 2.33. The van der Waals surface area contributed by atoms with Crippen molar-refractivity contribution in [2.75, 3.05) is 0 Å². The highest BCUT2D eigenvalue weighted by molar-refractivity contribution is 7.99. The fourth-order valence-corrected chi connectivity index (χ4v) is 3.81. The first kappa shape index (κ1) is 12.7. The molecule has 4 rings (SSSR count). The third-order valence-corrected chi connectivity index (χ3v) is 4.85. The van der Waals surface area contributed by atoms with Crippen molar-refractivity contribution in [1.29, 1.82) is 0 Å². The molecule has 0 saturated heterocycles. The molecule has 0 N–H and O–H groups in total. The lowest BCUT2D eigenvalue weighted by atomic mass is 10.1. The zero-order valence-corrected chi connectivity index (χ0v) is 12.4. The van der Waals surface area contributed by atoms with Crippen LogP contribution in [0.5, 0.6) is 0 Å². The highest BCUT2D eigenvalue weighted by atomic mass is 32.2. The summed E-state index contributed by atoms with van der Waals surface area (Å²) < 4.78 is 0. The smallest absolute Gasteiger partial charge is 0.0907 e. The van der Waals surface area contributed by atoms with Crippen LogP contribution < -0.4 is 4.90 Å². The Morgan fingerprint density at radius 2 is 1.14 bits per heavy atom. The Morgan fingerprint density at radius 1 is 0.619 bits per heavy atom. The van der Waals surface area contributed by atoms with Gasteiger partial charge in [-0.25, -0.2) is 0 Å². The summed E-state index contributed by atoms with van der Waals surface area (Å²) >= 11 is 1.86. The first-order valence-corrected chi connectivity index (χ1v) is 7.91. The van der Waals surface area contributed by atoms with E-state index >= 15 is 0 Å². The summed E-state index contributed by atoms with van der Waals surface area (Å²) in [6.07, 6.45) is 0. The SMILES string of the molecule is c1ccc(C[N+]2c3ccccc3Sc3ccccc32)cc1. The molecule has 3 aromatic carbocycles. The minimum Gasteiger partial charge on any atom is -0.0907 e. The summed E-state index contributed by atoms with van der Waals surface area (Å²) in [5.41, 5.74) is 3.92. The molecular formula is C19H15NS+. The van der Waals surface area contributed by atoms with E-state index in [0.29, 0.717) is 0 Å². The van der Waals surface area contributed by atoms with Crippen LogP contribution in [0.1, 0.15) is 5.56 Å². The Labute approximate surface area is 129 Å². The molecule has 2 heteroatoms. The van der Waals surface area contributed by atoms with E-state index in [-0.39, 0.29) is 0 Å². The Morgan fingerprint density at radius 3 is 1.76 bits per heavy atom. The lowest BCUT2D eigenvalue weighted by molar-refractivity contribution is 0.663. The molecule has 0 bridgehead atoms. The van der Waals surface area contributed by atoms with Gasteiger partial charge in [-0.2, -0.15) is 0 Å². The van der Waals surface area contributed by atoms with Gasteiger partial charge in [0.25, 0.3) is 0 Å². The molecule has 0 fully saturated rings. The molecule has 101 valence electrons. The second-order valence-corrected chi connectivity index (χ2v) is 6.19. The first-order chi connectivity index (χ1) is 10.4. The van der Waals surface area contributed by atoms with E-state index in [0.717, 1.165) is 6.54 Å². The predicted octanol–water partition coefficient (Wildman–Crippen LogP) is 5.45. The largest absolute Gasteiger partial charge is 0.200 e. The quantitative estimate of drug-likeness (QED) is 0.568. The van der Waals surface area contributed by atoms with Crippen LogP contribution >= 0.6 is 11.8 Å². The number of nitrogens with zero attached hydrogens (tertiary/aromatic N) is 1. The van der Waals surface area contributed by atoms with Crippen LogP contribution in [0.3, 0.4) is 0 Å². The lowest BCUT2D eigenvalue weighted by Gasteiger charge is -2.21. The third-order valence-electron chi connectivity index (χ3n) is 3.72. The molecular weight excluding hydrogens is 274 g/mol. The van der Waals surface area contributed by atoms with Crippen LogP contribution in [0.4, 0.5) is 11.4 Å². The summed E-state index contributed by atoms with van der Waals surface area (Å²) in [5.74, 6) is 0. The Bertz CT molecular complexity index is 722. The van der Waals surface area contributed by atoms with E-state index in [2.05, 4.69) is 83.8 Å². The van der Waals surface area contributed by atoms with Gasteiger partial charge in [0.2, 0.25) is 11.4 Å². The number of hydrogen-bond donors (Lipinski definition) is 0. The van der Waals surface area contributed by atoms with E-state index in [1.165, 1.54) is 26.7 Å². The zero-order valence-electron chi connectivity index (χ0n) is 11.6. The molecule has 1 heterocycles. The van der Waals surface area contributed by atoms with Crippen LogP contribution in [-0.4, -0.2) is 0 Å². The predicted molar refractivity (Wildman–Crippen MR) is 88.6 cm³/mol. The van der Waals surface area contributed by atoms with Crippen LogP contribution in [-0.2, 0) is 6.54 Å². The van der Waals surface area contributed by atoms with Crippen molar-refractivity contribution in [3.8, 4) is 0 Å².